The molecule has 0 spiro atoms. The van der Waals surface area contributed by atoms with E-state index in [0.717, 1.165) is 6.07 Å². The summed E-state index contributed by atoms with van der Waals surface area (Å²) in [6, 6.07) is 0.782. The first-order chi connectivity index (χ1) is 10.0. The maximum absolute atomic E-state index is 14.7. The summed E-state index contributed by atoms with van der Waals surface area (Å²) in [5.74, 6) is -3.25. The monoisotopic (exact) mass is 342 g/mol. The van der Waals surface area contributed by atoms with Crippen molar-refractivity contribution < 1.29 is 38.2 Å². The van der Waals surface area contributed by atoms with E-state index in [1.165, 1.54) is 0 Å². The zero-order valence-electron chi connectivity index (χ0n) is 10.7. The van der Waals surface area contributed by atoms with Gasteiger partial charge < -0.3 is 24.7 Å². The molecule has 1 aromatic heterocycles. The highest BCUT2D eigenvalue weighted by atomic mass is 31.2. The Morgan fingerprint density at radius 1 is 1.45 bits per heavy atom. The first-order valence-electron chi connectivity index (χ1n) is 5.80. The van der Waals surface area contributed by atoms with Crippen LogP contribution in [0.4, 0.5) is 4.39 Å². The fraction of sp³-hybridized carbons (Fsp3) is 0.556. The van der Waals surface area contributed by atoms with Crippen molar-refractivity contribution in [1.29, 1.82) is 0 Å². The van der Waals surface area contributed by atoms with Crippen LogP contribution in [0.5, 0.6) is 0 Å². The highest BCUT2D eigenvalue weighted by Crippen LogP contribution is 2.40. The number of aliphatic hydroxyl groups is 2. The zero-order valence-corrected chi connectivity index (χ0v) is 11.6. The standard InChI is InChI=1S/C9H12FN2O9P/c10-9(12-2-1-5(13)11-8(12)16)7(15)6(14)4(21-9)3-20-22(17,18)19/h1-2,4,6-7,14-15H,3H2,(H,11,13,16)(H2,17,18,19)/t4-,6-,7-,9+/m1/s1. The molecular weight excluding hydrogens is 330 g/mol. The van der Waals surface area contributed by atoms with E-state index in [0.29, 0.717) is 6.20 Å². The maximum atomic E-state index is 14.7. The average molecular weight is 342 g/mol. The van der Waals surface area contributed by atoms with Crippen molar-refractivity contribution in [2.45, 2.75) is 24.3 Å². The van der Waals surface area contributed by atoms with Gasteiger partial charge in [-0.25, -0.2) is 13.9 Å². The molecule has 1 aromatic rings. The van der Waals surface area contributed by atoms with E-state index in [9.17, 15) is 28.8 Å². The second-order valence-corrected chi connectivity index (χ2v) is 5.71. The van der Waals surface area contributed by atoms with Crippen molar-refractivity contribution in [1.82, 2.24) is 9.55 Å². The van der Waals surface area contributed by atoms with Gasteiger partial charge in [0, 0.05) is 12.3 Å². The van der Waals surface area contributed by atoms with Crippen molar-refractivity contribution in [2.75, 3.05) is 6.61 Å². The number of hydrogen-bond donors (Lipinski definition) is 5. The molecule has 1 fully saturated rings. The predicted molar refractivity (Wildman–Crippen MR) is 65.3 cm³/mol. The Morgan fingerprint density at radius 3 is 2.64 bits per heavy atom. The van der Waals surface area contributed by atoms with Crippen molar-refractivity contribution in [3.05, 3.63) is 33.1 Å². The molecule has 0 radical (unpaired) electrons. The Bertz CT molecular complexity index is 714. The van der Waals surface area contributed by atoms with Gasteiger partial charge in [0.15, 0.2) is 6.10 Å². The van der Waals surface area contributed by atoms with Crippen LogP contribution in [0.3, 0.4) is 0 Å². The third kappa shape index (κ3) is 3.17. The van der Waals surface area contributed by atoms with Crippen LogP contribution in [0.25, 0.3) is 0 Å². The van der Waals surface area contributed by atoms with Crippen molar-refractivity contribution in [3.8, 4) is 0 Å². The number of H-pyrrole nitrogens is 1. The first-order valence-corrected chi connectivity index (χ1v) is 7.33. The van der Waals surface area contributed by atoms with Crippen LogP contribution in [0, 0.1) is 0 Å². The Morgan fingerprint density at radius 2 is 2.09 bits per heavy atom. The molecule has 1 aliphatic heterocycles. The highest BCUT2D eigenvalue weighted by molar-refractivity contribution is 7.46. The van der Waals surface area contributed by atoms with Gasteiger partial charge in [-0.05, 0) is 0 Å². The highest BCUT2D eigenvalue weighted by Gasteiger charge is 2.57. The molecule has 0 amide bonds. The van der Waals surface area contributed by atoms with E-state index < -0.39 is 50.0 Å². The number of rotatable bonds is 4. The predicted octanol–water partition coefficient (Wildman–Crippen LogP) is -2.65. The van der Waals surface area contributed by atoms with Gasteiger partial charge in [0.2, 0.25) is 0 Å². The molecule has 11 nitrogen and oxygen atoms in total. The quantitative estimate of drug-likeness (QED) is 0.366. The maximum Gasteiger partial charge on any atom is 0.469 e. The van der Waals surface area contributed by atoms with Crippen LogP contribution in [-0.2, 0) is 19.8 Å². The molecule has 2 heterocycles. The number of alkyl halides is 1. The molecule has 124 valence electrons. The lowest BCUT2D eigenvalue weighted by molar-refractivity contribution is -0.239. The molecule has 13 heteroatoms. The zero-order chi connectivity index (χ0) is 16.7. The Balaban J connectivity index is 2.30. The van der Waals surface area contributed by atoms with Crippen LogP contribution in [-0.4, -0.2) is 54.5 Å². The van der Waals surface area contributed by atoms with Crippen LogP contribution < -0.4 is 11.2 Å². The largest absolute Gasteiger partial charge is 0.469 e. The summed E-state index contributed by atoms with van der Waals surface area (Å²) in [5.41, 5.74) is -2.07. The van der Waals surface area contributed by atoms with E-state index in [1.807, 2.05) is 0 Å². The molecule has 1 saturated heterocycles. The summed E-state index contributed by atoms with van der Waals surface area (Å²) in [6.07, 6.45) is -5.16. The van der Waals surface area contributed by atoms with Gasteiger partial charge in [0.05, 0.1) is 6.61 Å². The Kier molecular flexibility index (Phi) is 4.37. The SMILES string of the molecule is O=c1ccn([C@]2(F)O[C@H](COP(=O)(O)O)[C@@H](O)[C@H]2O)c(=O)[nH]1. The lowest BCUT2D eigenvalue weighted by Crippen LogP contribution is -2.48. The van der Waals surface area contributed by atoms with Crippen LogP contribution in [0.1, 0.15) is 0 Å². The average Bonchev–Trinajstić information content (AvgIpc) is 2.61. The molecule has 0 unspecified atom stereocenters. The molecule has 0 saturated carbocycles. The Hall–Kier alpha value is -1.40. The number of phosphoric acid groups is 1. The van der Waals surface area contributed by atoms with Gasteiger partial charge in [-0.1, -0.05) is 0 Å². The van der Waals surface area contributed by atoms with Gasteiger partial charge in [0.25, 0.3) is 5.56 Å². The number of ether oxygens (including phenoxy) is 1. The number of aromatic nitrogens is 2. The summed E-state index contributed by atoms with van der Waals surface area (Å²) in [6.45, 7) is -0.938. The fourth-order valence-corrected chi connectivity index (χ4v) is 2.27. The molecule has 0 bridgehead atoms. The van der Waals surface area contributed by atoms with Gasteiger partial charge >= 0.3 is 19.5 Å². The van der Waals surface area contributed by atoms with Crippen LogP contribution in [0.15, 0.2) is 21.9 Å². The second-order valence-electron chi connectivity index (χ2n) is 4.47. The Labute approximate surface area is 120 Å². The number of phosphoric ester groups is 1. The lowest BCUT2D eigenvalue weighted by atomic mass is 10.1. The molecular formula is C9H12FN2O9P. The number of nitrogens with one attached hydrogen (secondary N) is 1. The summed E-state index contributed by atoms with van der Waals surface area (Å²) in [7, 11) is -4.91. The molecule has 0 aliphatic carbocycles. The minimum absolute atomic E-state index is 0.194. The van der Waals surface area contributed by atoms with Gasteiger partial charge in [0.1, 0.15) is 12.2 Å². The molecule has 1 aliphatic rings. The third-order valence-corrected chi connectivity index (χ3v) is 3.43. The molecule has 5 N–H and O–H groups in total. The lowest BCUT2D eigenvalue weighted by Gasteiger charge is -2.24. The summed E-state index contributed by atoms with van der Waals surface area (Å²) < 4.78 is 34.2. The van der Waals surface area contributed by atoms with Crippen molar-refractivity contribution in [2.24, 2.45) is 0 Å². The topological polar surface area (TPSA) is 171 Å². The number of hydrogen-bond acceptors (Lipinski definition) is 7. The third-order valence-electron chi connectivity index (χ3n) is 2.95. The normalized spacial score (nSPS) is 32.3. The number of aliphatic hydroxyl groups excluding tert-OH is 2. The van der Waals surface area contributed by atoms with E-state index in [1.54, 1.807) is 4.98 Å². The van der Waals surface area contributed by atoms with E-state index in [-0.39, 0.29) is 4.57 Å². The van der Waals surface area contributed by atoms with Crippen LogP contribution in [0.2, 0.25) is 0 Å². The number of halogens is 1. The molecule has 4 atom stereocenters. The summed E-state index contributed by atoms with van der Waals surface area (Å²) >= 11 is 0. The van der Waals surface area contributed by atoms with Crippen molar-refractivity contribution >= 4 is 7.82 Å². The van der Waals surface area contributed by atoms with Gasteiger partial charge in [-0.15, -0.1) is 0 Å². The fourth-order valence-electron chi connectivity index (χ4n) is 1.93. The summed E-state index contributed by atoms with van der Waals surface area (Å²) in [5, 5.41) is 19.4. The van der Waals surface area contributed by atoms with Gasteiger partial charge in [-0.2, -0.15) is 4.39 Å². The minimum Gasteiger partial charge on any atom is -0.387 e. The van der Waals surface area contributed by atoms with E-state index in [4.69, 9.17) is 9.79 Å². The molecule has 22 heavy (non-hydrogen) atoms. The number of aromatic amines is 1. The first kappa shape index (κ1) is 17.0. The molecule has 0 aromatic carbocycles. The smallest absolute Gasteiger partial charge is 0.387 e. The number of nitrogens with zero attached hydrogens (tertiary/aromatic N) is 1. The van der Waals surface area contributed by atoms with Crippen molar-refractivity contribution in [3.63, 3.8) is 0 Å². The molecule has 2 rings (SSSR count). The van der Waals surface area contributed by atoms with Gasteiger partial charge in [-0.3, -0.25) is 14.3 Å². The van der Waals surface area contributed by atoms with E-state index >= 15 is 0 Å². The summed E-state index contributed by atoms with van der Waals surface area (Å²) in [4.78, 5) is 41.3. The van der Waals surface area contributed by atoms with Crippen LogP contribution >= 0.6 is 7.82 Å². The van der Waals surface area contributed by atoms with E-state index in [2.05, 4.69) is 9.26 Å². The second kappa shape index (κ2) is 5.66. The minimum atomic E-state index is -4.91.